The third kappa shape index (κ3) is 4.47. The smallest absolute Gasteiger partial charge is 0.368 e. The van der Waals surface area contributed by atoms with Crippen LogP contribution >= 0.6 is 0 Å². The zero-order valence-electron chi connectivity index (χ0n) is 11.7. The Bertz CT molecular complexity index is 529. The van der Waals surface area contributed by atoms with Crippen molar-refractivity contribution in [2.75, 3.05) is 0 Å². The molecular formula is C14H17F3N2O2. The molecule has 0 aliphatic carbocycles. The van der Waals surface area contributed by atoms with E-state index in [1.54, 1.807) is 6.92 Å². The molecule has 0 unspecified atom stereocenters. The van der Waals surface area contributed by atoms with Crippen molar-refractivity contribution in [1.82, 2.24) is 5.32 Å². The van der Waals surface area contributed by atoms with Gasteiger partial charge in [0.25, 0.3) is 5.91 Å². The summed E-state index contributed by atoms with van der Waals surface area (Å²) in [6, 6.07) is 3.08. The fourth-order valence-corrected chi connectivity index (χ4v) is 1.79. The van der Waals surface area contributed by atoms with Gasteiger partial charge in [-0.25, -0.2) is 0 Å². The molecule has 3 N–H and O–H groups in total. The Hall–Kier alpha value is -2.05. The average Bonchev–Trinajstić information content (AvgIpc) is 2.42. The van der Waals surface area contributed by atoms with Gasteiger partial charge in [0.05, 0.1) is 5.56 Å². The number of rotatable bonds is 5. The number of hydrogen-bond donors (Lipinski definition) is 2. The molecule has 0 saturated heterocycles. The highest BCUT2D eigenvalue weighted by Gasteiger charge is 2.31. The molecule has 4 nitrogen and oxygen atoms in total. The molecule has 0 bridgehead atoms. The summed E-state index contributed by atoms with van der Waals surface area (Å²) in [6.07, 6.45) is -3.94. The molecule has 116 valence electrons. The van der Waals surface area contributed by atoms with E-state index in [-0.39, 0.29) is 11.5 Å². The molecule has 0 aliphatic rings. The van der Waals surface area contributed by atoms with Crippen molar-refractivity contribution in [2.45, 2.75) is 32.5 Å². The molecule has 0 saturated carbocycles. The summed E-state index contributed by atoms with van der Waals surface area (Å²) in [4.78, 5) is 23.3. The van der Waals surface area contributed by atoms with Crippen molar-refractivity contribution in [3.8, 4) is 0 Å². The van der Waals surface area contributed by atoms with Gasteiger partial charge < -0.3 is 11.1 Å². The van der Waals surface area contributed by atoms with E-state index in [9.17, 15) is 22.8 Å². The van der Waals surface area contributed by atoms with Crippen LogP contribution in [-0.2, 0) is 11.0 Å². The zero-order valence-corrected chi connectivity index (χ0v) is 11.7. The second-order valence-corrected chi connectivity index (χ2v) is 4.82. The Morgan fingerprint density at radius 1 is 1.33 bits per heavy atom. The lowest BCUT2D eigenvalue weighted by Crippen LogP contribution is -2.48. The van der Waals surface area contributed by atoms with E-state index in [0.717, 1.165) is 18.2 Å². The Labute approximate surface area is 120 Å². The van der Waals surface area contributed by atoms with E-state index in [2.05, 4.69) is 5.32 Å². The van der Waals surface area contributed by atoms with Crippen LogP contribution in [0.2, 0.25) is 0 Å². The number of hydrogen-bond acceptors (Lipinski definition) is 2. The van der Waals surface area contributed by atoms with Crippen LogP contribution < -0.4 is 11.1 Å². The van der Waals surface area contributed by atoms with E-state index in [1.165, 1.54) is 6.07 Å². The zero-order chi connectivity index (χ0) is 16.2. The van der Waals surface area contributed by atoms with Gasteiger partial charge in [-0.3, -0.25) is 9.59 Å². The number of nitrogens with two attached hydrogens (primary N) is 1. The minimum Gasteiger partial charge on any atom is -0.368 e. The van der Waals surface area contributed by atoms with Crippen molar-refractivity contribution in [1.29, 1.82) is 0 Å². The van der Waals surface area contributed by atoms with E-state index in [1.807, 2.05) is 6.92 Å². The van der Waals surface area contributed by atoms with E-state index >= 15 is 0 Å². The lowest BCUT2D eigenvalue weighted by molar-refractivity contribution is -0.137. The maximum Gasteiger partial charge on any atom is 0.416 e. The average molecular weight is 302 g/mol. The predicted molar refractivity (Wildman–Crippen MR) is 71.3 cm³/mol. The van der Waals surface area contributed by atoms with E-state index in [0.29, 0.717) is 6.42 Å². The number of carbonyl (C=O) groups is 2. The first kappa shape index (κ1) is 17.0. The van der Waals surface area contributed by atoms with Gasteiger partial charge in [-0.2, -0.15) is 13.2 Å². The lowest BCUT2D eigenvalue weighted by atomic mass is 9.98. The van der Waals surface area contributed by atoms with Gasteiger partial charge >= 0.3 is 6.18 Å². The molecule has 0 fully saturated rings. The molecule has 2 atom stereocenters. The number of nitrogens with one attached hydrogen (secondary N) is 1. The Kier molecular flexibility index (Phi) is 5.34. The van der Waals surface area contributed by atoms with Crippen molar-refractivity contribution in [2.24, 2.45) is 11.7 Å². The first-order valence-corrected chi connectivity index (χ1v) is 6.44. The van der Waals surface area contributed by atoms with Crippen LogP contribution in [0.5, 0.6) is 0 Å². The maximum atomic E-state index is 12.6. The Morgan fingerprint density at radius 3 is 2.43 bits per heavy atom. The number of amides is 2. The van der Waals surface area contributed by atoms with Crippen LogP contribution in [0, 0.1) is 5.92 Å². The summed E-state index contributed by atoms with van der Waals surface area (Å²) in [6.45, 7) is 3.54. The number of benzene rings is 1. The van der Waals surface area contributed by atoms with Crippen LogP contribution in [0.3, 0.4) is 0 Å². The number of carbonyl (C=O) groups excluding carboxylic acids is 2. The summed E-state index contributed by atoms with van der Waals surface area (Å²) >= 11 is 0. The van der Waals surface area contributed by atoms with Crippen LogP contribution in [0.1, 0.15) is 36.2 Å². The predicted octanol–water partition coefficient (Wildman–Crippen LogP) is 2.34. The van der Waals surface area contributed by atoms with Gasteiger partial charge in [0.15, 0.2) is 0 Å². The standard InChI is InChI=1S/C14H17F3N2O2/c1-3-8(2)11(12(18)20)19-13(21)9-5-4-6-10(7-9)14(15,16)17/h4-8,11H,3H2,1-2H3,(H2,18,20)(H,19,21)/t8-,11+/m0/s1. The van der Waals surface area contributed by atoms with Crippen molar-refractivity contribution >= 4 is 11.8 Å². The van der Waals surface area contributed by atoms with Gasteiger partial charge in [-0.15, -0.1) is 0 Å². The third-order valence-corrected chi connectivity index (χ3v) is 3.26. The molecule has 0 heterocycles. The monoisotopic (exact) mass is 302 g/mol. The molecule has 1 aromatic carbocycles. The normalized spacial score (nSPS) is 14.3. The van der Waals surface area contributed by atoms with Gasteiger partial charge in [-0.05, 0) is 24.1 Å². The number of halogens is 3. The molecule has 21 heavy (non-hydrogen) atoms. The third-order valence-electron chi connectivity index (χ3n) is 3.26. The Balaban J connectivity index is 2.96. The SMILES string of the molecule is CC[C@H](C)[C@@H](NC(=O)c1cccc(C(F)(F)F)c1)C(N)=O. The summed E-state index contributed by atoms with van der Waals surface area (Å²) in [5, 5.41) is 2.38. The highest BCUT2D eigenvalue weighted by atomic mass is 19.4. The molecule has 2 amide bonds. The largest absolute Gasteiger partial charge is 0.416 e. The highest BCUT2D eigenvalue weighted by molar-refractivity contribution is 5.97. The van der Waals surface area contributed by atoms with Gasteiger partial charge in [0.2, 0.25) is 5.91 Å². The van der Waals surface area contributed by atoms with Gasteiger partial charge in [-0.1, -0.05) is 26.3 Å². The second kappa shape index (κ2) is 6.60. The second-order valence-electron chi connectivity index (χ2n) is 4.82. The minimum atomic E-state index is -4.53. The van der Waals surface area contributed by atoms with Crippen LogP contribution in [0.15, 0.2) is 24.3 Å². The molecular weight excluding hydrogens is 285 g/mol. The summed E-state index contributed by atoms with van der Waals surface area (Å²) in [5.74, 6) is -1.69. The summed E-state index contributed by atoms with van der Waals surface area (Å²) in [7, 11) is 0. The maximum absolute atomic E-state index is 12.6. The van der Waals surface area contributed by atoms with E-state index in [4.69, 9.17) is 5.73 Å². The van der Waals surface area contributed by atoms with Crippen molar-refractivity contribution in [3.63, 3.8) is 0 Å². The van der Waals surface area contributed by atoms with Gasteiger partial charge in [0, 0.05) is 5.56 Å². The molecule has 7 heteroatoms. The summed E-state index contributed by atoms with van der Waals surface area (Å²) in [5.41, 5.74) is 4.12. The fourth-order valence-electron chi connectivity index (χ4n) is 1.79. The summed E-state index contributed by atoms with van der Waals surface area (Å²) < 4.78 is 37.8. The van der Waals surface area contributed by atoms with Crippen molar-refractivity contribution in [3.05, 3.63) is 35.4 Å². The topological polar surface area (TPSA) is 72.2 Å². The first-order valence-electron chi connectivity index (χ1n) is 6.44. The Morgan fingerprint density at radius 2 is 1.95 bits per heavy atom. The molecule has 1 aromatic rings. The highest BCUT2D eigenvalue weighted by Crippen LogP contribution is 2.29. The van der Waals surface area contributed by atoms with Crippen molar-refractivity contribution < 1.29 is 22.8 Å². The quantitative estimate of drug-likeness (QED) is 0.876. The first-order chi connectivity index (χ1) is 9.66. The van der Waals surface area contributed by atoms with Crippen LogP contribution in [-0.4, -0.2) is 17.9 Å². The van der Waals surface area contributed by atoms with Crippen LogP contribution in [0.4, 0.5) is 13.2 Å². The number of primary amides is 1. The molecule has 0 spiro atoms. The van der Waals surface area contributed by atoms with Gasteiger partial charge in [0.1, 0.15) is 6.04 Å². The fraction of sp³-hybridized carbons (Fsp3) is 0.429. The minimum absolute atomic E-state index is 0.167. The lowest BCUT2D eigenvalue weighted by Gasteiger charge is -2.21. The molecule has 0 aromatic heterocycles. The molecule has 1 rings (SSSR count). The van der Waals surface area contributed by atoms with E-state index < -0.39 is 29.6 Å². The number of alkyl halides is 3. The van der Waals surface area contributed by atoms with Crippen LogP contribution in [0.25, 0.3) is 0 Å². The molecule has 0 aliphatic heterocycles. The molecule has 0 radical (unpaired) electrons.